The van der Waals surface area contributed by atoms with E-state index in [9.17, 15) is 9.18 Å². The van der Waals surface area contributed by atoms with Gasteiger partial charge in [0.25, 0.3) is 0 Å². The van der Waals surface area contributed by atoms with Crippen LogP contribution in [-0.4, -0.2) is 33.2 Å². The SMILES string of the molecule is Cc1ccc(-n2ccnc2SCC(=O)N(C)Cc2ccc(F)cc2)c(C)c1. The zero-order valence-electron chi connectivity index (χ0n) is 15.6. The minimum absolute atomic E-state index is 0.000460. The van der Waals surface area contributed by atoms with E-state index in [0.29, 0.717) is 12.3 Å². The number of nitrogens with zero attached hydrogens (tertiary/aromatic N) is 3. The van der Waals surface area contributed by atoms with Gasteiger partial charge in [0.1, 0.15) is 5.82 Å². The summed E-state index contributed by atoms with van der Waals surface area (Å²) in [5.74, 6) is 0.0145. The Labute approximate surface area is 163 Å². The maximum atomic E-state index is 13.0. The lowest BCUT2D eigenvalue weighted by molar-refractivity contribution is -0.127. The Balaban J connectivity index is 1.64. The lowest BCUT2D eigenvalue weighted by Gasteiger charge is -2.17. The molecule has 0 atom stereocenters. The number of carbonyl (C=O) groups is 1. The van der Waals surface area contributed by atoms with Crippen molar-refractivity contribution >= 4 is 17.7 Å². The van der Waals surface area contributed by atoms with Crippen molar-refractivity contribution in [2.75, 3.05) is 12.8 Å². The summed E-state index contributed by atoms with van der Waals surface area (Å²) in [7, 11) is 1.75. The zero-order chi connectivity index (χ0) is 19.4. The van der Waals surface area contributed by atoms with Crippen LogP contribution < -0.4 is 0 Å². The molecule has 3 aromatic rings. The largest absolute Gasteiger partial charge is 0.341 e. The molecular formula is C21H22FN3OS. The summed E-state index contributed by atoms with van der Waals surface area (Å²) in [5, 5.41) is 0.783. The van der Waals surface area contributed by atoms with Gasteiger partial charge in [0.15, 0.2) is 5.16 Å². The molecule has 0 aliphatic heterocycles. The first-order chi connectivity index (χ1) is 12.9. The van der Waals surface area contributed by atoms with Crippen LogP contribution in [0.2, 0.25) is 0 Å². The molecule has 0 saturated carbocycles. The first-order valence-corrected chi connectivity index (χ1v) is 9.65. The number of rotatable bonds is 6. The summed E-state index contributed by atoms with van der Waals surface area (Å²) in [6.45, 7) is 4.58. The Morgan fingerprint density at radius 1 is 1.19 bits per heavy atom. The Morgan fingerprint density at radius 3 is 2.63 bits per heavy atom. The number of imidazole rings is 1. The quantitative estimate of drug-likeness (QED) is 0.593. The highest BCUT2D eigenvalue weighted by Gasteiger charge is 2.14. The van der Waals surface area contributed by atoms with Gasteiger partial charge in [0.05, 0.1) is 11.4 Å². The average Bonchev–Trinajstić information content (AvgIpc) is 3.09. The van der Waals surface area contributed by atoms with Crippen LogP contribution in [0.1, 0.15) is 16.7 Å². The standard InChI is InChI=1S/C21H22FN3OS/c1-15-4-9-19(16(2)12-15)25-11-10-23-21(25)27-14-20(26)24(3)13-17-5-7-18(22)8-6-17/h4-12H,13-14H2,1-3H3. The molecule has 0 unspecified atom stereocenters. The van der Waals surface area contributed by atoms with E-state index >= 15 is 0 Å². The fraction of sp³-hybridized carbons (Fsp3) is 0.238. The third kappa shape index (κ3) is 4.77. The smallest absolute Gasteiger partial charge is 0.233 e. The third-order valence-electron chi connectivity index (χ3n) is 4.30. The van der Waals surface area contributed by atoms with E-state index in [2.05, 4.69) is 37.0 Å². The Hall–Kier alpha value is -2.60. The summed E-state index contributed by atoms with van der Waals surface area (Å²) in [6.07, 6.45) is 3.65. The van der Waals surface area contributed by atoms with Gasteiger partial charge in [-0.1, -0.05) is 41.6 Å². The van der Waals surface area contributed by atoms with E-state index in [1.54, 1.807) is 30.3 Å². The predicted octanol–water partition coefficient (Wildman–Crippen LogP) is 4.38. The molecule has 0 aliphatic carbocycles. The fourth-order valence-electron chi connectivity index (χ4n) is 2.84. The van der Waals surface area contributed by atoms with Crippen LogP contribution in [0.3, 0.4) is 0 Å². The van der Waals surface area contributed by atoms with E-state index in [1.807, 2.05) is 10.8 Å². The Bertz CT molecular complexity index is 937. The molecule has 0 fully saturated rings. The van der Waals surface area contributed by atoms with Crippen molar-refractivity contribution in [2.24, 2.45) is 0 Å². The van der Waals surface area contributed by atoms with Crippen LogP contribution in [-0.2, 0) is 11.3 Å². The van der Waals surface area contributed by atoms with Crippen LogP contribution in [0.4, 0.5) is 4.39 Å². The molecule has 0 bridgehead atoms. The van der Waals surface area contributed by atoms with Gasteiger partial charge in [0.2, 0.25) is 5.91 Å². The summed E-state index contributed by atoms with van der Waals surface area (Å²) < 4.78 is 15.0. The first kappa shape index (κ1) is 19.2. The number of hydrogen-bond donors (Lipinski definition) is 0. The summed E-state index contributed by atoms with van der Waals surface area (Å²) in [5.41, 5.74) is 4.33. The number of carbonyl (C=O) groups excluding carboxylic acids is 1. The molecule has 0 saturated heterocycles. The maximum absolute atomic E-state index is 13.0. The van der Waals surface area contributed by atoms with Crippen LogP contribution in [0.15, 0.2) is 60.0 Å². The van der Waals surface area contributed by atoms with Gasteiger partial charge >= 0.3 is 0 Å². The van der Waals surface area contributed by atoms with Gasteiger partial charge < -0.3 is 4.90 Å². The molecule has 1 amide bonds. The van der Waals surface area contributed by atoms with Crippen LogP contribution in [0.5, 0.6) is 0 Å². The molecule has 3 rings (SSSR count). The monoisotopic (exact) mass is 383 g/mol. The molecule has 1 heterocycles. The number of halogens is 1. The molecule has 0 spiro atoms. The second-order valence-corrected chi connectivity index (χ2v) is 7.48. The minimum Gasteiger partial charge on any atom is -0.341 e. The topological polar surface area (TPSA) is 38.1 Å². The molecule has 140 valence electrons. The Kier molecular flexibility index (Phi) is 5.96. The second-order valence-electron chi connectivity index (χ2n) is 6.53. The van der Waals surface area contributed by atoms with Crippen molar-refractivity contribution in [2.45, 2.75) is 25.5 Å². The summed E-state index contributed by atoms with van der Waals surface area (Å²) >= 11 is 1.41. The van der Waals surface area contributed by atoms with Crippen molar-refractivity contribution < 1.29 is 9.18 Å². The number of hydrogen-bond acceptors (Lipinski definition) is 3. The van der Waals surface area contributed by atoms with E-state index < -0.39 is 0 Å². The molecule has 1 aromatic heterocycles. The molecule has 0 aliphatic rings. The third-order valence-corrected chi connectivity index (χ3v) is 5.25. The second kappa shape index (κ2) is 8.39. The van der Waals surface area contributed by atoms with Crippen LogP contribution in [0, 0.1) is 19.7 Å². The number of benzene rings is 2. The number of aromatic nitrogens is 2. The summed E-state index contributed by atoms with van der Waals surface area (Å²) in [4.78, 5) is 18.5. The molecule has 0 radical (unpaired) electrons. The van der Waals surface area contributed by atoms with Gasteiger partial charge in [-0.05, 0) is 43.2 Å². The first-order valence-electron chi connectivity index (χ1n) is 8.66. The zero-order valence-corrected chi connectivity index (χ0v) is 16.5. The average molecular weight is 383 g/mol. The molecule has 27 heavy (non-hydrogen) atoms. The Morgan fingerprint density at radius 2 is 1.93 bits per heavy atom. The minimum atomic E-state index is -0.276. The van der Waals surface area contributed by atoms with Crippen LogP contribution >= 0.6 is 11.8 Å². The number of thioether (sulfide) groups is 1. The van der Waals surface area contributed by atoms with Crippen molar-refractivity contribution in [3.63, 3.8) is 0 Å². The lowest BCUT2D eigenvalue weighted by Crippen LogP contribution is -2.27. The fourth-order valence-corrected chi connectivity index (χ4v) is 3.75. The van der Waals surface area contributed by atoms with Gasteiger partial charge in [-0.25, -0.2) is 9.37 Å². The molecule has 4 nitrogen and oxygen atoms in total. The van der Waals surface area contributed by atoms with E-state index in [0.717, 1.165) is 22.0 Å². The van der Waals surface area contributed by atoms with Gasteiger partial charge in [0, 0.05) is 26.0 Å². The van der Waals surface area contributed by atoms with E-state index in [4.69, 9.17) is 0 Å². The highest BCUT2D eigenvalue weighted by Crippen LogP contribution is 2.23. The molecule has 0 N–H and O–H groups in total. The van der Waals surface area contributed by atoms with Crippen molar-refractivity contribution in [1.82, 2.24) is 14.5 Å². The van der Waals surface area contributed by atoms with E-state index in [1.165, 1.54) is 29.5 Å². The van der Waals surface area contributed by atoms with Crippen LogP contribution in [0.25, 0.3) is 5.69 Å². The molecular weight excluding hydrogens is 361 g/mol. The molecule has 2 aromatic carbocycles. The number of amides is 1. The maximum Gasteiger partial charge on any atom is 0.233 e. The highest BCUT2D eigenvalue weighted by atomic mass is 32.2. The molecule has 6 heteroatoms. The lowest BCUT2D eigenvalue weighted by atomic mass is 10.1. The normalized spacial score (nSPS) is 10.8. The van der Waals surface area contributed by atoms with Gasteiger partial charge in [-0.15, -0.1) is 0 Å². The van der Waals surface area contributed by atoms with Crippen molar-refractivity contribution in [1.29, 1.82) is 0 Å². The highest BCUT2D eigenvalue weighted by molar-refractivity contribution is 7.99. The summed E-state index contributed by atoms with van der Waals surface area (Å²) in [6, 6.07) is 12.5. The van der Waals surface area contributed by atoms with Crippen molar-refractivity contribution in [3.8, 4) is 5.69 Å². The van der Waals surface area contributed by atoms with Gasteiger partial charge in [-0.2, -0.15) is 0 Å². The van der Waals surface area contributed by atoms with Crippen molar-refractivity contribution in [3.05, 3.63) is 77.4 Å². The number of aryl methyl sites for hydroxylation is 2. The van der Waals surface area contributed by atoms with E-state index in [-0.39, 0.29) is 11.7 Å². The van der Waals surface area contributed by atoms with Gasteiger partial charge in [-0.3, -0.25) is 9.36 Å². The predicted molar refractivity (Wildman–Crippen MR) is 107 cm³/mol.